The highest BCUT2D eigenvalue weighted by atomic mass is 32.1. The molecule has 0 aliphatic carbocycles. The van der Waals surface area contributed by atoms with E-state index in [2.05, 4.69) is 17.7 Å². The van der Waals surface area contributed by atoms with Crippen LogP contribution >= 0.6 is 12.6 Å². The van der Waals surface area contributed by atoms with E-state index in [0.717, 1.165) is 0 Å². The van der Waals surface area contributed by atoms with Gasteiger partial charge in [0.25, 0.3) is 0 Å². The molecule has 1 rings (SSSR count). The summed E-state index contributed by atoms with van der Waals surface area (Å²) in [4.78, 5) is 21.6. The normalized spacial score (nSPS) is 10.0. The molecular weight excluding hydrogens is 166 g/mol. The molecule has 5 nitrogen and oxygen atoms in total. The maximum absolute atomic E-state index is 11.0. The topological polar surface area (TPSA) is 67.8 Å². The lowest BCUT2D eigenvalue weighted by Crippen LogP contribution is -2.37. The first-order valence-corrected chi connectivity index (χ1v) is 3.50. The molecule has 0 radical (unpaired) electrons. The van der Waals surface area contributed by atoms with Crippen LogP contribution in [0.3, 0.4) is 0 Å². The lowest BCUT2D eigenvalue weighted by Gasteiger charge is -2.00. The van der Waals surface area contributed by atoms with Crippen LogP contribution in [0.1, 0.15) is 6.92 Å². The molecule has 1 N–H and O–H groups in total. The zero-order valence-corrected chi connectivity index (χ0v) is 6.76. The molecule has 1 heterocycles. The Bertz CT molecular complexity index is 367. The van der Waals surface area contributed by atoms with Gasteiger partial charge in [-0.1, -0.05) is 0 Å². The lowest BCUT2D eigenvalue weighted by molar-refractivity contribution is 0.584. The van der Waals surface area contributed by atoms with Crippen LogP contribution in [0.4, 0.5) is 0 Å². The molecule has 6 heteroatoms. The van der Waals surface area contributed by atoms with Gasteiger partial charge in [0.15, 0.2) is 5.16 Å². The number of aromatic nitrogens is 3. The highest BCUT2D eigenvalue weighted by Crippen LogP contribution is 1.92. The lowest BCUT2D eigenvalue weighted by atomic mass is 10.7. The number of nitrogens with one attached hydrogen (secondary N) is 1. The van der Waals surface area contributed by atoms with Gasteiger partial charge in [-0.2, -0.15) is 0 Å². The summed E-state index contributed by atoms with van der Waals surface area (Å²) in [5.74, 6) is 0. The van der Waals surface area contributed by atoms with Gasteiger partial charge in [0.05, 0.1) is 0 Å². The van der Waals surface area contributed by atoms with E-state index in [1.54, 1.807) is 6.92 Å². The van der Waals surface area contributed by atoms with Gasteiger partial charge in [-0.3, -0.25) is 14.2 Å². The van der Waals surface area contributed by atoms with Gasteiger partial charge >= 0.3 is 11.1 Å². The van der Waals surface area contributed by atoms with E-state index in [9.17, 15) is 9.59 Å². The molecule has 1 aromatic heterocycles. The predicted molar refractivity (Wildman–Crippen MR) is 42.0 cm³/mol. The van der Waals surface area contributed by atoms with Gasteiger partial charge in [0, 0.05) is 6.54 Å². The number of rotatable bonds is 1. The van der Waals surface area contributed by atoms with Gasteiger partial charge in [-0.15, -0.1) is 17.7 Å². The van der Waals surface area contributed by atoms with Crippen LogP contribution < -0.4 is 11.1 Å². The molecule has 0 aliphatic rings. The molecule has 0 spiro atoms. The molecule has 11 heavy (non-hydrogen) atoms. The van der Waals surface area contributed by atoms with Crippen molar-refractivity contribution in [3.8, 4) is 0 Å². The minimum atomic E-state index is -0.718. The summed E-state index contributed by atoms with van der Waals surface area (Å²) in [7, 11) is 0. The van der Waals surface area contributed by atoms with E-state index >= 15 is 0 Å². The molecule has 0 unspecified atom stereocenters. The van der Waals surface area contributed by atoms with Crippen LogP contribution in [0.5, 0.6) is 0 Å². The Morgan fingerprint density at radius 1 is 1.64 bits per heavy atom. The van der Waals surface area contributed by atoms with Gasteiger partial charge in [0.1, 0.15) is 0 Å². The van der Waals surface area contributed by atoms with Crippen molar-refractivity contribution in [2.45, 2.75) is 18.6 Å². The minimum Gasteiger partial charge on any atom is -0.282 e. The Balaban J connectivity index is 3.54. The third-order valence-electron chi connectivity index (χ3n) is 1.25. The maximum atomic E-state index is 11.0. The first kappa shape index (κ1) is 8.06. The van der Waals surface area contributed by atoms with Crippen molar-refractivity contribution >= 4 is 12.6 Å². The molecule has 0 bridgehead atoms. The highest BCUT2D eigenvalue weighted by molar-refractivity contribution is 7.80. The van der Waals surface area contributed by atoms with Crippen LogP contribution in [0.15, 0.2) is 14.7 Å². The molecule has 1 aromatic rings. The van der Waals surface area contributed by atoms with E-state index in [0.29, 0.717) is 6.54 Å². The Morgan fingerprint density at radius 2 is 2.27 bits per heavy atom. The summed E-state index contributed by atoms with van der Waals surface area (Å²) in [6, 6.07) is 0. The first-order valence-electron chi connectivity index (χ1n) is 3.05. The fourth-order valence-electron chi connectivity index (χ4n) is 0.707. The maximum Gasteiger partial charge on any atom is 0.330 e. The number of nitrogens with zero attached hydrogens (tertiary/aromatic N) is 2. The van der Waals surface area contributed by atoms with E-state index in [4.69, 9.17) is 0 Å². The van der Waals surface area contributed by atoms with Crippen molar-refractivity contribution in [1.82, 2.24) is 14.8 Å². The number of thiol groups is 1. The minimum absolute atomic E-state index is 0.220. The second-order valence-electron chi connectivity index (χ2n) is 1.90. The number of H-pyrrole nitrogens is 1. The molecule has 0 amide bonds. The number of hydrogen-bond donors (Lipinski definition) is 2. The summed E-state index contributed by atoms with van der Waals surface area (Å²) in [6.45, 7) is 2.14. The van der Waals surface area contributed by atoms with E-state index < -0.39 is 11.1 Å². The van der Waals surface area contributed by atoms with Crippen LogP contribution in [0, 0.1) is 0 Å². The van der Waals surface area contributed by atoms with Gasteiger partial charge in [-0.05, 0) is 6.92 Å². The largest absolute Gasteiger partial charge is 0.330 e. The molecule has 0 saturated carbocycles. The predicted octanol–water partition coefficient (Wildman–Crippen LogP) is -0.760. The average molecular weight is 173 g/mol. The zero-order valence-electron chi connectivity index (χ0n) is 5.87. The SMILES string of the molecule is CCn1c(S)n[nH]c(=O)c1=O. The number of hydrogen-bond acceptors (Lipinski definition) is 4. The van der Waals surface area contributed by atoms with E-state index in [1.807, 2.05) is 5.10 Å². The van der Waals surface area contributed by atoms with Crippen molar-refractivity contribution in [1.29, 1.82) is 0 Å². The average Bonchev–Trinajstić information content (AvgIpc) is 1.99. The van der Waals surface area contributed by atoms with Gasteiger partial charge in [0.2, 0.25) is 0 Å². The first-order chi connectivity index (χ1) is 5.16. The molecule has 60 valence electrons. The van der Waals surface area contributed by atoms with Crippen molar-refractivity contribution in [2.24, 2.45) is 0 Å². The van der Waals surface area contributed by atoms with Crippen LogP contribution in [-0.2, 0) is 6.54 Å². The second-order valence-corrected chi connectivity index (χ2v) is 2.30. The molecule has 0 aliphatic heterocycles. The Morgan fingerprint density at radius 3 is 2.73 bits per heavy atom. The van der Waals surface area contributed by atoms with E-state index in [1.165, 1.54) is 4.57 Å². The standard InChI is InChI=1S/C5H7N3O2S/c1-2-8-4(10)3(9)6-7-5(8)11/h2H2,1H3,(H,6,9)(H,7,11). The Labute approximate surface area is 67.5 Å². The third-order valence-corrected chi connectivity index (χ3v) is 1.60. The second kappa shape index (κ2) is 2.91. The Kier molecular flexibility index (Phi) is 2.13. The van der Waals surface area contributed by atoms with E-state index in [-0.39, 0.29) is 5.16 Å². The zero-order chi connectivity index (χ0) is 8.43. The summed E-state index contributed by atoms with van der Waals surface area (Å²) >= 11 is 3.88. The fourth-order valence-corrected chi connectivity index (χ4v) is 0.990. The van der Waals surface area contributed by atoms with Crippen molar-refractivity contribution in [3.63, 3.8) is 0 Å². The smallest absolute Gasteiger partial charge is 0.282 e. The van der Waals surface area contributed by atoms with Crippen LogP contribution in [-0.4, -0.2) is 14.8 Å². The summed E-state index contributed by atoms with van der Waals surface area (Å²) in [5.41, 5.74) is -1.34. The van der Waals surface area contributed by atoms with Gasteiger partial charge in [-0.25, -0.2) is 5.10 Å². The fraction of sp³-hybridized carbons (Fsp3) is 0.400. The summed E-state index contributed by atoms with van der Waals surface area (Å²) in [6.07, 6.45) is 0. The molecule has 0 fully saturated rings. The monoisotopic (exact) mass is 173 g/mol. The molecule has 0 saturated heterocycles. The Hall–Kier alpha value is -1.04. The third kappa shape index (κ3) is 1.35. The molecule has 0 aromatic carbocycles. The van der Waals surface area contributed by atoms with Crippen molar-refractivity contribution in [3.05, 3.63) is 20.7 Å². The molecule has 0 atom stereocenters. The number of aromatic amines is 1. The molecular formula is C5H7N3O2S. The van der Waals surface area contributed by atoms with Crippen LogP contribution in [0.25, 0.3) is 0 Å². The summed E-state index contributed by atoms with van der Waals surface area (Å²) in [5, 5.41) is 5.75. The van der Waals surface area contributed by atoms with Crippen molar-refractivity contribution < 1.29 is 0 Å². The van der Waals surface area contributed by atoms with Crippen molar-refractivity contribution in [2.75, 3.05) is 0 Å². The summed E-state index contributed by atoms with van der Waals surface area (Å²) < 4.78 is 1.18. The highest BCUT2D eigenvalue weighted by Gasteiger charge is 2.01. The van der Waals surface area contributed by atoms with Crippen LogP contribution in [0.2, 0.25) is 0 Å². The van der Waals surface area contributed by atoms with Gasteiger partial charge < -0.3 is 0 Å². The quantitative estimate of drug-likeness (QED) is 0.433.